The van der Waals surface area contributed by atoms with Gasteiger partial charge in [-0.05, 0) is 23.3 Å². The lowest BCUT2D eigenvalue weighted by Crippen LogP contribution is -2.17. The van der Waals surface area contributed by atoms with Gasteiger partial charge in [-0.1, -0.05) is 90.6 Å². The highest BCUT2D eigenvalue weighted by Gasteiger charge is 2.30. The molecule has 1 heterocycles. The molecular weight excluding hydrogens is 338 g/mol. The molecule has 0 amide bonds. The van der Waals surface area contributed by atoms with Gasteiger partial charge in [-0.25, -0.2) is 0 Å². The smallest absolute Gasteiger partial charge is 0.167 e. The number of para-hydroxylation sites is 1. The topological polar surface area (TPSA) is 29.1 Å². The number of Topliss-reactive ketones (excluding diaryl/α,β-unsaturated/α-hetero) is 1. The Morgan fingerprint density at radius 3 is 2.00 bits per heavy atom. The van der Waals surface area contributed by atoms with Gasteiger partial charge in [0.15, 0.2) is 5.78 Å². The number of thioether (sulfide) groups is 1. The summed E-state index contributed by atoms with van der Waals surface area (Å²) in [6.45, 7) is 0. The Bertz CT molecular complexity index is 920. The van der Waals surface area contributed by atoms with Gasteiger partial charge in [0.25, 0.3) is 0 Å². The van der Waals surface area contributed by atoms with Crippen molar-refractivity contribution in [3.05, 3.63) is 107 Å². The van der Waals surface area contributed by atoms with E-state index >= 15 is 0 Å². The molecule has 0 unspecified atom stereocenters. The molecule has 0 bridgehead atoms. The highest BCUT2D eigenvalue weighted by molar-refractivity contribution is 8.03. The summed E-state index contributed by atoms with van der Waals surface area (Å²) in [5.74, 6) is 0.183. The van der Waals surface area contributed by atoms with Crippen molar-refractivity contribution in [2.45, 2.75) is 11.7 Å². The first kappa shape index (κ1) is 16.7. The molecule has 1 aliphatic rings. The zero-order valence-corrected chi connectivity index (χ0v) is 15.1. The maximum atomic E-state index is 13.1. The monoisotopic (exact) mass is 357 g/mol. The first-order valence-corrected chi connectivity index (χ1v) is 9.56. The minimum absolute atomic E-state index is 0.127. The number of anilines is 1. The normalized spacial score (nSPS) is 17.2. The second-order valence-electron chi connectivity index (χ2n) is 6.21. The molecule has 0 fully saturated rings. The summed E-state index contributed by atoms with van der Waals surface area (Å²) in [7, 11) is 0. The van der Waals surface area contributed by atoms with Crippen LogP contribution in [-0.2, 0) is 4.79 Å². The average molecular weight is 357 g/mol. The molecule has 26 heavy (non-hydrogen) atoms. The molecule has 3 heteroatoms. The fraction of sp³-hybridized carbons (Fsp3) is 0.0870. The molecule has 0 aliphatic carbocycles. The number of allylic oxidation sites excluding steroid dienone is 1. The molecule has 0 radical (unpaired) electrons. The largest absolute Gasteiger partial charge is 0.350 e. The fourth-order valence-corrected chi connectivity index (χ4v) is 4.47. The van der Waals surface area contributed by atoms with Crippen molar-refractivity contribution in [1.82, 2.24) is 0 Å². The van der Waals surface area contributed by atoms with Crippen molar-refractivity contribution in [2.75, 3.05) is 5.32 Å². The highest BCUT2D eigenvalue weighted by atomic mass is 32.2. The van der Waals surface area contributed by atoms with Crippen LogP contribution in [0.2, 0.25) is 0 Å². The molecule has 0 saturated carbocycles. The summed E-state index contributed by atoms with van der Waals surface area (Å²) in [5, 5.41) is 4.53. The standard InChI is InChI=1S/C23H19NOS/c25-20-16-21(17-10-4-1-5-11-17)26-23(24-19-14-8-3-9-15-19)22(20)18-12-6-2-7-13-18/h1-15,21,24H,16H2/t21-/m1/s1. The van der Waals surface area contributed by atoms with E-state index in [9.17, 15) is 4.79 Å². The summed E-state index contributed by atoms with van der Waals surface area (Å²) < 4.78 is 0. The Hall–Kier alpha value is -2.78. The van der Waals surface area contributed by atoms with E-state index in [-0.39, 0.29) is 11.0 Å². The van der Waals surface area contributed by atoms with Gasteiger partial charge < -0.3 is 5.32 Å². The second-order valence-corrected chi connectivity index (χ2v) is 7.42. The average Bonchev–Trinajstić information content (AvgIpc) is 2.70. The van der Waals surface area contributed by atoms with Crippen LogP contribution < -0.4 is 5.32 Å². The first-order chi connectivity index (χ1) is 12.8. The van der Waals surface area contributed by atoms with Crippen molar-refractivity contribution in [2.24, 2.45) is 0 Å². The van der Waals surface area contributed by atoms with Crippen LogP contribution in [0.4, 0.5) is 5.69 Å². The van der Waals surface area contributed by atoms with Gasteiger partial charge in [-0.2, -0.15) is 0 Å². The van der Waals surface area contributed by atoms with Crippen LogP contribution in [0, 0.1) is 0 Å². The van der Waals surface area contributed by atoms with E-state index in [0.29, 0.717) is 6.42 Å². The first-order valence-electron chi connectivity index (χ1n) is 8.68. The summed E-state index contributed by atoms with van der Waals surface area (Å²) >= 11 is 1.73. The lowest BCUT2D eigenvalue weighted by molar-refractivity contribution is -0.113. The van der Waals surface area contributed by atoms with Crippen LogP contribution >= 0.6 is 11.8 Å². The number of hydrogen-bond donors (Lipinski definition) is 1. The number of carbonyl (C=O) groups is 1. The van der Waals surface area contributed by atoms with E-state index in [1.165, 1.54) is 5.56 Å². The maximum Gasteiger partial charge on any atom is 0.167 e. The molecule has 0 spiro atoms. The van der Waals surface area contributed by atoms with Gasteiger partial charge in [0.2, 0.25) is 0 Å². The van der Waals surface area contributed by atoms with Gasteiger partial charge in [-0.15, -0.1) is 0 Å². The number of carbonyl (C=O) groups excluding carboxylic acids is 1. The van der Waals surface area contributed by atoms with E-state index in [0.717, 1.165) is 21.9 Å². The lowest BCUT2D eigenvalue weighted by atomic mass is 9.97. The number of nitrogens with one attached hydrogen (secondary N) is 1. The molecule has 3 aromatic carbocycles. The summed E-state index contributed by atoms with van der Waals surface area (Å²) in [6.07, 6.45) is 0.513. The Kier molecular flexibility index (Phi) is 4.89. The Labute approximate surface area is 158 Å². The van der Waals surface area contributed by atoms with Gasteiger partial charge in [0.05, 0.1) is 10.6 Å². The zero-order chi connectivity index (χ0) is 17.8. The van der Waals surface area contributed by atoms with Gasteiger partial charge in [0.1, 0.15) is 0 Å². The molecule has 0 saturated heterocycles. The van der Waals surface area contributed by atoms with Crippen molar-refractivity contribution in [3.63, 3.8) is 0 Å². The van der Waals surface area contributed by atoms with Crippen LogP contribution in [-0.4, -0.2) is 5.78 Å². The highest BCUT2D eigenvalue weighted by Crippen LogP contribution is 2.46. The van der Waals surface area contributed by atoms with Crippen molar-refractivity contribution < 1.29 is 4.79 Å². The quantitative estimate of drug-likeness (QED) is 0.629. The second kappa shape index (κ2) is 7.63. The van der Waals surface area contributed by atoms with E-state index < -0.39 is 0 Å². The zero-order valence-electron chi connectivity index (χ0n) is 14.3. The molecule has 2 nitrogen and oxygen atoms in total. The number of benzene rings is 3. The minimum Gasteiger partial charge on any atom is -0.350 e. The Balaban J connectivity index is 1.75. The Morgan fingerprint density at radius 2 is 1.35 bits per heavy atom. The van der Waals surface area contributed by atoms with E-state index in [2.05, 4.69) is 17.4 Å². The van der Waals surface area contributed by atoms with Gasteiger partial charge in [-0.3, -0.25) is 4.79 Å². The molecule has 1 N–H and O–H groups in total. The SMILES string of the molecule is O=C1C[C@H](c2ccccc2)SC(Nc2ccccc2)=C1c1ccccc1. The Morgan fingerprint density at radius 1 is 0.769 bits per heavy atom. The summed E-state index contributed by atoms with van der Waals surface area (Å²) in [5.41, 5.74) is 3.93. The number of hydrogen-bond acceptors (Lipinski definition) is 3. The summed E-state index contributed by atoms with van der Waals surface area (Å²) in [6, 6.07) is 30.2. The molecule has 128 valence electrons. The van der Waals surface area contributed by atoms with Crippen molar-refractivity contribution >= 4 is 28.8 Å². The van der Waals surface area contributed by atoms with E-state index in [1.54, 1.807) is 11.8 Å². The van der Waals surface area contributed by atoms with Crippen LogP contribution in [0.25, 0.3) is 5.57 Å². The van der Waals surface area contributed by atoms with Crippen LogP contribution in [0.5, 0.6) is 0 Å². The number of rotatable bonds is 4. The predicted molar refractivity (Wildman–Crippen MR) is 110 cm³/mol. The van der Waals surface area contributed by atoms with Gasteiger partial charge >= 0.3 is 0 Å². The predicted octanol–water partition coefficient (Wildman–Crippen LogP) is 5.91. The molecule has 4 rings (SSSR count). The maximum absolute atomic E-state index is 13.1. The van der Waals surface area contributed by atoms with E-state index in [4.69, 9.17) is 0 Å². The van der Waals surface area contributed by atoms with Gasteiger partial charge in [0, 0.05) is 17.4 Å². The van der Waals surface area contributed by atoms with Crippen molar-refractivity contribution in [1.29, 1.82) is 0 Å². The van der Waals surface area contributed by atoms with Crippen molar-refractivity contribution in [3.8, 4) is 0 Å². The third kappa shape index (κ3) is 3.58. The molecule has 3 aromatic rings. The molecule has 1 aliphatic heterocycles. The third-order valence-electron chi connectivity index (χ3n) is 4.40. The molecular formula is C23H19NOS. The van der Waals surface area contributed by atoms with Crippen LogP contribution in [0.3, 0.4) is 0 Å². The van der Waals surface area contributed by atoms with Crippen LogP contribution in [0.15, 0.2) is 96.0 Å². The fourth-order valence-electron chi connectivity index (χ4n) is 3.13. The number of ketones is 1. The van der Waals surface area contributed by atoms with E-state index in [1.807, 2.05) is 78.9 Å². The summed E-state index contributed by atoms with van der Waals surface area (Å²) in [4.78, 5) is 13.1. The van der Waals surface area contributed by atoms with Crippen LogP contribution in [0.1, 0.15) is 22.8 Å². The minimum atomic E-state index is 0.127. The molecule has 0 aromatic heterocycles. The lowest BCUT2D eigenvalue weighted by Gasteiger charge is -2.27. The third-order valence-corrected chi connectivity index (χ3v) is 5.67. The molecule has 1 atom stereocenters.